The van der Waals surface area contributed by atoms with Gasteiger partial charge in [-0.3, -0.25) is 0 Å². The van der Waals surface area contributed by atoms with Crippen molar-refractivity contribution in [2.24, 2.45) is 0 Å². The topological polar surface area (TPSA) is 6.48 Å². The summed E-state index contributed by atoms with van der Waals surface area (Å²) in [4.78, 5) is 4.95. The van der Waals surface area contributed by atoms with Crippen molar-refractivity contribution >= 4 is 145 Å². The van der Waals surface area contributed by atoms with Crippen LogP contribution in [0.3, 0.4) is 0 Å². The lowest BCUT2D eigenvalue weighted by Gasteiger charge is -2.42. The molecular weight excluding hydrogens is 858 g/mol. The fraction of sp³-hybridized carbons (Fsp3) is 0.0370. The Morgan fingerprint density at radius 1 is 0.367 bits per heavy atom. The van der Waals surface area contributed by atoms with E-state index in [-0.39, 0.29) is 13.4 Å². The summed E-state index contributed by atoms with van der Waals surface area (Å²) in [6.45, 7) is 4.85. The monoisotopic (exact) mass is 888 g/mol. The third kappa shape index (κ3) is 4.16. The molecule has 0 N–H and O–H groups in total. The molecule has 0 saturated carbocycles. The maximum absolute atomic E-state index is 4.03. The summed E-state index contributed by atoms with van der Waals surface area (Å²) in [5.41, 5.74) is 23.5. The van der Waals surface area contributed by atoms with Crippen LogP contribution in [0.1, 0.15) is 11.1 Å². The van der Waals surface area contributed by atoms with Crippen LogP contribution in [0.2, 0.25) is 0 Å². The van der Waals surface area contributed by atoms with Crippen LogP contribution in [0, 0.1) is 13.8 Å². The first-order chi connectivity index (χ1) is 29.4. The molecule has 4 aliphatic heterocycles. The van der Waals surface area contributed by atoms with Crippen LogP contribution in [0.25, 0.3) is 54.6 Å². The van der Waals surface area contributed by atoms with Crippen molar-refractivity contribution in [1.82, 2.24) is 0 Å². The van der Waals surface area contributed by atoms with Crippen molar-refractivity contribution in [3.8, 4) is 22.3 Å². The van der Waals surface area contributed by atoms with E-state index in [4.69, 9.17) is 0 Å². The zero-order chi connectivity index (χ0) is 39.7. The smallest absolute Gasteiger partial charge is 0.248 e. The first-order valence-corrected chi connectivity index (χ1v) is 22.4. The van der Waals surface area contributed by atoms with Crippen LogP contribution in [0.5, 0.6) is 0 Å². The van der Waals surface area contributed by atoms with Crippen molar-refractivity contribution in [3.63, 3.8) is 0 Å². The number of para-hydroxylation sites is 4. The van der Waals surface area contributed by atoms with Gasteiger partial charge >= 0.3 is 0 Å². The minimum Gasteiger partial charge on any atom is -0.311 e. The molecule has 0 saturated heterocycles. The number of halogens is 2. The molecule has 0 aromatic heterocycles. The molecule has 0 radical (unpaired) electrons. The number of nitrogens with zero attached hydrogens (tertiary/aromatic N) is 2. The van der Waals surface area contributed by atoms with Gasteiger partial charge in [-0.25, -0.2) is 0 Å². The predicted molar refractivity (Wildman–Crippen MR) is 265 cm³/mol. The zero-order valence-electron chi connectivity index (χ0n) is 32.8. The summed E-state index contributed by atoms with van der Waals surface area (Å²) >= 11 is 8.06. The first-order valence-electron chi connectivity index (χ1n) is 20.8. The number of benzene rings is 10. The van der Waals surface area contributed by atoms with Gasteiger partial charge in [0.1, 0.15) is 0 Å². The predicted octanol–water partition coefficient (Wildman–Crippen LogP) is 11.3. The second-order valence-electron chi connectivity index (χ2n) is 17.1. The Bertz CT molecular complexity index is 3330. The summed E-state index contributed by atoms with van der Waals surface area (Å²) in [6.07, 6.45) is 0. The van der Waals surface area contributed by atoms with Crippen LogP contribution in [0.15, 0.2) is 167 Å². The molecule has 4 heterocycles. The molecule has 0 amide bonds. The molecule has 2 nitrogen and oxygen atoms in total. The van der Waals surface area contributed by atoms with Crippen LogP contribution in [-0.2, 0) is 0 Å². The lowest BCUT2D eigenvalue weighted by Crippen LogP contribution is -2.60. The van der Waals surface area contributed by atoms with E-state index in [1.807, 2.05) is 0 Å². The molecule has 14 rings (SSSR count). The average molecular weight is 890 g/mol. The number of hydrogen-bond acceptors (Lipinski definition) is 2. The molecule has 10 aromatic carbocycles. The van der Waals surface area contributed by atoms with Gasteiger partial charge in [0, 0.05) is 43.1 Å². The number of aryl methyl sites for hydroxylation is 2. The highest BCUT2D eigenvalue weighted by Gasteiger charge is 2.45. The highest BCUT2D eigenvalue weighted by molar-refractivity contribution is 9.10. The third-order valence-electron chi connectivity index (χ3n) is 14.1. The van der Waals surface area contributed by atoms with E-state index >= 15 is 0 Å². The van der Waals surface area contributed by atoms with E-state index < -0.39 is 0 Å². The summed E-state index contributed by atoms with van der Waals surface area (Å²) in [7, 11) is 0. The quantitative estimate of drug-likeness (QED) is 0.126. The second-order valence-corrected chi connectivity index (χ2v) is 18.9. The minimum absolute atomic E-state index is 0.0842. The Morgan fingerprint density at radius 3 is 1.20 bits per heavy atom. The zero-order valence-corrected chi connectivity index (χ0v) is 36.0. The fourth-order valence-electron chi connectivity index (χ4n) is 11.9. The molecule has 10 aromatic rings. The van der Waals surface area contributed by atoms with Crippen molar-refractivity contribution in [2.45, 2.75) is 13.8 Å². The van der Waals surface area contributed by atoms with Crippen LogP contribution in [-0.4, -0.2) is 13.4 Å². The average Bonchev–Trinajstić information content (AvgIpc) is 3.27. The number of anilines is 6. The molecule has 60 heavy (non-hydrogen) atoms. The fourth-order valence-corrected chi connectivity index (χ4v) is 12.8. The Balaban J connectivity index is 1.14. The van der Waals surface area contributed by atoms with E-state index in [1.54, 1.807) is 0 Å². The van der Waals surface area contributed by atoms with E-state index in [0.717, 1.165) is 8.95 Å². The number of rotatable bonds is 2. The number of fused-ring (bicyclic) bond motifs is 8. The van der Waals surface area contributed by atoms with Crippen LogP contribution in [0.4, 0.5) is 34.1 Å². The molecule has 278 valence electrons. The van der Waals surface area contributed by atoms with Crippen molar-refractivity contribution in [2.75, 3.05) is 9.80 Å². The summed E-state index contributed by atoms with van der Waals surface area (Å²) in [5.74, 6) is 0. The maximum Gasteiger partial charge on any atom is 0.248 e. The van der Waals surface area contributed by atoms with Gasteiger partial charge in [0.05, 0.1) is 0 Å². The standard InChI is InChI=1S/C54H32B2Br2N2/c1-29-21-37-39-23-31(57)25-47-53(39)56(42-18-10-12-20-46(42)59(47)33-13-5-3-6-14-33)44-28-36-30(2)22-38-40-24-32(58)26-48-54(40)55(43-27-35(29)51(49(37)44)52(36)50(38)43)41-17-9-11-19-45(41)60(48)34-15-7-4-8-16-34/h3-28H,1-2H3. The lowest BCUT2D eigenvalue weighted by molar-refractivity contribution is 1.29. The van der Waals surface area contributed by atoms with Gasteiger partial charge in [-0.05, 0) is 162 Å². The Hall–Kier alpha value is -6.07. The Morgan fingerprint density at radius 2 is 0.767 bits per heavy atom. The van der Waals surface area contributed by atoms with Crippen molar-refractivity contribution in [1.29, 1.82) is 0 Å². The minimum atomic E-state index is 0.0842. The van der Waals surface area contributed by atoms with Gasteiger partial charge in [0.25, 0.3) is 0 Å². The van der Waals surface area contributed by atoms with Gasteiger partial charge in [0.2, 0.25) is 13.4 Å². The van der Waals surface area contributed by atoms with Gasteiger partial charge in [-0.2, -0.15) is 0 Å². The molecule has 0 fully saturated rings. The molecular formula is C54H32B2Br2N2. The van der Waals surface area contributed by atoms with E-state index in [2.05, 4.69) is 213 Å². The SMILES string of the molecule is Cc1cc2c3c(cc4c(C)cc5c6c(cc1c3c46)B1c3ccccc3N(c3ccccc3)c3cc(Br)cc-5c31)B1c3ccccc3N(c3ccccc3)c3cc(Br)cc-2c31. The molecule has 0 spiro atoms. The summed E-state index contributed by atoms with van der Waals surface area (Å²) in [6, 6.07) is 59.6. The molecule has 0 bridgehead atoms. The lowest BCUT2D eigenvalue weighted by atomic mass is 9.31. The molecule has 6 heteroatoms. The molecule has 4 aliphatic rings. The second kappa shape index (κ2) is 11.8. The Kier molecular flexibility index (Phi) is 6.64. The Labute approximate surface area is 365 Å². The highest BCUT2D eigenvalue weighted by Crippen LogP contribution is 2.50. The van der Waals surface area contributed by atoms with Crippen molar-refractivity contribution < 1.29 is 0 Å². The van der Waals surface area contributed by atoms with Gasteiger partial charge in [-0.15, -0.1) is 0 Å². The first kappa shape index (κ1) is 33.7. The number of hydrogen-bond donors (Lipinski definition) is 0. The molecule has 0 unspecified atom stereocenters. The van der Waals surface area contributed by atoms with Gasteiger partial charge in [0.15, 0.2) is 0 Å². The summed E-state index contributed by atoms with van der Waals surface area (Å²) in [5, 5.41) is 8.33. The van der Waals surface area contributed by atoms with Gasteiger partial charge in [-0.1, -0.05) is 140 Å². The van der Waals surface area contributed by atoms with Crippen molar-refractivity contribution in [3.05, 3.63) is 178 Å². The third-order valence-corrected chi connectivity index (χ3v) is 15.0. The molecule has 0 atom stereocenters. The normalized spacial score (nSPS) is 13.9. The maximum atomic E-state index is 4.03. The molecule has 0 aliphatic carbocycles. The van der Waals surface area contributed by atoms with Crippen LogP contribution < -0.4 is 42.6 Å². The van der Waals surface area contributed by atoms with E-state index in [9.17, 15) is 0 Å². The highest BCUT2D eigenvalue weighted by atomic mass is 79.9. The largest absolute Gasteiger partial charge is 0.311 e. The van der Waals surface area contributed by atoms with E-state index in [0.29, 0.717) is 0 Å². The van der Waals surface area contributed by atoms with Crippen LogP contribution >= 0.6 is 31.9 Å². The van der Waals surface area contributed by atoms with E-state index in [1.165, 1.54) is 133 Å². The summed E-state index contributed by atoms with van der Waals surface area (Å²) < 4.78 is 2.19. The van der Waals surface area contributed by atoms with Gasteiger partial charge < -0.3 is 9.80 Å².